The van der Waals surface area contributed by atoms with Crippen molar-refractivity contribution in [2.45, 2.75) is 12.5 Å². The summed E-state index contributed by atoms with van der Waals surface area (Å²) in [6.45, 7) is 0.544. The topological polar surface area (TPSA) is 93.2 Å². The van der Waals surface area contributed by atoms with Crippen molar-refractivity contribution in [2.75, 3.05) is 19.0 Å². The normalized spacial score (nSPS) is 16.3. The third-order valence-electron chi connectivity index (χ3n) is 6.66. The van der Waals surface area contributed by atoms with Crippen LogP contribution in [0.4, 0.5) is 5.82 Å². The van der Waals surface area contributed by atoms with Gasteiger partial charge in [0.1, 0.15) is 5.82 Å². The Morgan fingerprint density at radius 1 is 0.912 bits per heavy atom. The highest BCUT2D eigenvalue weighted by molar-refractivity contribution is 6.24. The van der Waals surface area contributed by atoms with Gasteiger partial charge < -0.3 is 10.1 Å². The van der Waals surface area contributed by atoms with Crippen LogP contribution in [-0.4, -0.2) is 29.1 Å². The highest BCUT2D eigenvalue weighted by Crippen LogP contribution is 2.49. The van der Waals surface area contributed by atoms with E-state index in [9.17, 15) is 14.4 Å². The molecule has 1 aliphatic carbocycles. The minimum absolute atomic E-state index is 0.115. The molecule has 2 N–H and O–H groups in total. The Morgan fingerprint density at radius 2 is 1.65 bits per heavy atom. The predicted molar refractivity (Wildman–Crippen MR) is 130 cm³/mol. The number of hydrogen-bond acceptors (Lipinski definition) is 5. The number of fused-ring (bicyclic) bond motifs is 4. The fraction of sp³-hybridized carbons (Fsp3) is 0.148. The molecule has 0 spiro atoms. The molecule has 34 heavy (non-hydrogen) atoms. The number of carbonyl (C=O) groups is 1. The van der Waals surface area contributed by atoms with Crippen molar-refractivity contribution in [3.05, 3.63) is 115 Å². The summed E-state index contributed by atoms with van der Waals surface area (Å²) in [6, 6.07) is 21.2. The van der Waals surface area contributed by atoms with Crippen molar-refractivity contribution >= 4 is 28.1 Å². The molecule has 4 aromatic rings. The number of methoxy groups -OCH3 is 1. The number of H-pyrrole nitrogens is 1. The Hall–Kier alpha value is -4.23. The Labute approximate surface area is 194 Å². The number of aromatic nitrogens is 2. The molecule has 6 rings (SSSR count). The lowest BCUT2D eigenvalue weighted by Gasteiger charge is -2.30. The SMILES string of the molecule is COCCn1c2c(c(=O)[nH]c1=O)[C@@H](c1cccc3ccccc13)C1=C(N2)c2ccccc2C1=O. The quantitative estimate of drug-likeness (QED) is 0.495. The van der Waals surface area contributed by atoms with Crippen LogP contribution in [0.5, 0.6) is 0 Å². The van der Waals surface area contributed by atoms with Crippen molar-refractivity contribution in [3.63, 3.8) is 0 Å². The van der Waals surface area contributed by atoms with E-state index < -0.39 is 17.2 Å². The van der Waals surface area contributed by atoms with Gasteiger partial charge in [0.25, 0.3) is 5.56 Å². The molecule has 0 radical (unpaired) electrons. The van der Waals surface area contributed by atoms with E-state index in [2.05, 4.69) is 10.3 Å². The Morgan fingerprint density at radius 3 is 2.47 bits per heavy atom. The molecule has 0 amide bonds. The third-order valence-corrected chi connectivity index (χ3v) is 6.66. The lowest BCUT2D eigenvalue weighted by Crippen LogP contribution is -2.39. The maximum atomic E-state index is 13.7. The summed E-state index contributed by atoms with van der Waals surface area (Å²) in [6.07, 6.45) is 0. The Balaban J connectivity index is 1.71. The zero-order chi connectivity index (χ0) is 23.4. The zero-order valence-corrected chi connectivity index (χ0v) is 18.4. The van der Waals surface area contributed by atoms with E-state index in [1.54, 1.807) is 13.2 Å². The monoisotopic (exact) mass is 451 g/mol. The molecule has 1 atom stereocenters. The van der Waals surface area contributed by atoms with Gasteiger partial charge in [-0.2, -0.15) is 0 Å². The van der Waals surface area contributed by atoms with Crippen LogP contribution in [0.3, 0.4) is 0 Å². The summed E-state index contributed by atoms with van der Waals surface area (Å²) in [5.74, 6) is -0.363. The first-order chi connectivity index (χ1) is 16.6. The molecular weight excluding hydrogens is 430 g/mol. The molecule has 0 fully saturated rings. The van der Waals surface area contributed by atoms with Crippen molar-refractivity contribution in [1.29, 1.82) is 0 Å². The fourth-order valence-electron chi connectivity index (χ4n) is 5.17. The number of aromatic amines is 1. The first-order valence-corrected chi connectivity index (χ1v) is 11.1. The second-order valence-corrected chi connectivity index (χ2v) is 8.46. The van der Waals surface area contributed by atoms with Crippen molar-refractivity contribution in [2.24, 2.45) is 0 Å². The maximum absolute atomic E-state index is 13.7. The molecule has 1 aromatic heterocycles. The minimum Gasteiger partial charge on any atom is -0.383 e. The number of allylic oxidation sites excluding steroid dienone is 1. The molecule has 2 heterocycles. The van der Waals surface area contributed by atoms with Gasteiger partial charge in [0.2, 0.25) is 0 Å². The zero-order valence-electron chi connectivity index (χ0n) is 18.4. The van der Waals surface area contributed by atoms with Gasteiger partial charge in [-0.3, -0.25) is 19.1 Å². The molecular formula is C27H21N3O4. The van der Waals surface area contributed by atoms with E-state index in [0.717, 1.165) is 21.9 Å². The molecule has 1 aliphatic heterocycles. The van der Waals surface area contributed by atoms with Gasteiger partial charge in [0.15, 0.2) is 5.78 Å². The van der Waals surface area contributed by atoms with Crippen molar-refractivity contribution < 1.29 is 9.53 Å². The second-order valence-electron chi connectivity index (χ2n) is 8.46. The van der Waals surface area contributed by atoms with Crippen LogP contribution >= 0.6 is 0 Å². The van der Waals surface area contributed by atoms with Gasteiger partial charge >= 0.3 is 5.69 Å². The van der Waals surface area contributed by atoms with Gasteiger partial charge in [-0.1, -0.05) is 66.7 Å². The molecule has 0 unspecified atom stereocenters. The summed E-state index contributed by atoms with van der Waals surface area (Å²) in [7, 11) is 1.56. The number of ketones is 1. The summed E-state index contributed by atoms with van der Waals surface area (Å²) in [5.41, 5.74) is 2.68. The molecule has 3 aromatic carbocycles. The molecule has 0 bridgehead atoms. The number of carbonyl (C=O) groups excluding carboxylic acids is 1. The summed E-state index contributed by atoms with van der Waals surface area (Å²) in [4.78, 5) is 42.3. The molecule has 2 aliphatic rings. The van der Waals surface area contributed by atoms with Crippen LogP contribution in [0.2, 0.25) is 0 Å². The molecule has 168 valence electrons. The molecule has 0 saturated heterocycles. The molecule has 7 heteroatoms. The van der Waals surface area contributed by atoms with Crippen LogP contribution in [0.1, 0.15) is 33.0 Å². The molecule has 7 nitrogen and oxygen atoms in total. The summed E-state index contributed by atoms with van der Waals surface area (Å²) >= 11 is 0. The van der Waals surface area contributed by atoms with Crippen LogP contribution < -0.4 is 16.6 Å². The average Bonchev–Trinajstić information content (AvgIpc) is 3.14. The van der Waals surface area contributed by atoms with E-state index >= 15 is 0 Å². The smallest absolute Gasteiger partial charge is 0.330 e. The number of rotatable bonds is 4. The van der Waals surface area contributed by atoms with E-state index in [4.69, 9.17) is 4.74 Å². The number of hydrogen-bond donors (Lipinski definition) is 2. The highest BCUT2D eigenvalue weighted by Gasteiger charge is 2.42. The van der Waals surface area contributed by atoms with Gasteiger partial charge in [-0.15, -0.1) is 0 Å². The lowest BCUT2D eigenvalue weighted by atomic mass is 9.79. The predicted octanol–water partition coefficient (Wildman–Crippen LogP) is 3.50. The van der Waals surface area contributed by atoms with E-state index in [0.29, 0.717) is 34.8 Å². The number of Topliss-reactive ketones (excluding diaryl/α,β-unsaturated/α-hetero) is 1. The van der Waals surface area contributed by atoms with E-state index in [1.807, 2.05) is 60.7 Å². The second kappa shape index (κ2) is 7.67. The van der Waals surface area contributed by atoms with Gasteiger partial charge in [-0.25, -0.2) is 4.79 Å². The molecule has 0 saturated carbocycles. The van der Waals surface area contributed by atoms with Crippen LogP contribution in [0, 0.1) is 0 Å². The average molecular weight is 451 g/mol. The minimum atomic E-state index is -0.643. The summed E-state index contributed by atoms with van der Waals surface area (Å²) in [5, 5.41) is 5.26. The third kappa shape index (κ3) is 2.84. The van der Waals surface area contributed by atoms with E-state index in [-0.39, 0.29) is 12.3 Å². The number of anilines is 1. The van der Waals surface area contributed by atoms with Gasteiger partial charge in [-0.05, 0) is 16.3 Å². The van der Waals surface area contributed by atoms with Gasteiger partial charge in [0.05, 0.1) is 24.4 Å². The lowest BCUT2D eigenvalue weighted by molar-refractivity contribution is 0.103. The Kier molecular flexibility index (Phi) is 4.60. The van der Waals surface area contributed by atoms with Crippen molar-refractivity contribution in [1.82, 2.24) is 9.55 Å². The first kappa shape index (κ1) is 20.4. The van der Waals surface area contributed by atoms with Crippen LogP contribution in [-0.2, 0) is 11.3 Å². The van der Waals surface area contributed by atoms with Crippen molar-refractivity contribution in [3.8, 4) is 0 Å². The largest absolute Gasteiger partial charge is 0.383 e. The Bertz CT molecular complexity index is 1640. The van der Waals surface area contributed by atoms with Crippen LogP contribution in [0.15, 0.2) is 81.9 Å². The fourth-order valence-corrected chi connectivity index (χ4v) is 5.17. The standard InChI is InChI=1S/C27H21N3O4/c1-34-14-13-30-25-22(26(32)29-27(30)33)20(17-12-6-8-15-7-2-3-9-16(15)17)21-23(28-25)18-10-4-5-11-19(18)24(21)31/h2-12,20,28H,13-14H2,1H3,(H,29,32,33)/t20-/m0/s1. The summed E-state index contributed by atoms with van der Waals surface area (Å²) < 4.78 is 6.69. The maximum Gasteiger partial charge on any atom is 0.330 e. The van der Waals surface area contributed by atoms with E-state index in [1.165, 1.54) is 4.57 Å². The highest BCUT2D eigenvalue weighted by atomic mass is 16.5. The number of benzene rings is 3. The number of ether oxygens (including phenoxy) is 1. The first-order valence-electron chi connectivity index (χ1n) is 11.1. The van der Waals surface area contributed by atoms with Gasteiger partial charge in [0, 0.05) is 29.7 Å². The number of nitrogens with zero attached hydrogens (tertiary/aromatic N) is 1. The van der Waals surface area contributed by atoms with Crippen LogP contribution in [0.25, 0.3) is 16.5 Å². The number of nitrogens with one attached hydrogen (secondary N) is 2.